The molecule has 0 bridgehead atoms. The molecule has 0 aromatic heterocycles. The molecule has 0 aromatic rings. The minimum Gasteiger partial charge on any atom is -0.0651 e. The van der Waals surface area contributed by atoms with Gasteiger partial charge in [0, 0.05) is 0 Å². The first-order chi connectivity index (χ1) is 6.52. The number of rotatable bonds is 7. The Hall–Kier alpha value is 0. The Labute approximate surface area is 91.5 Å². The lowest BCUT2D eigenvalue weighted by molar-refractivity contribution is 0.278. The van der Waals surface area contributed by atoms with Crippen LogP contribution in [0.5, 0.6) is 0 Å². The average Bonchev–Trinajstić information content (AvgIpc) is 2.16. The lowest BCUT2D eigenvalue weighted by Gasteiger charge is -2.23. The molecule has 0 spiro atoms. The molecule has 0 radical (unpaired) electrons. The van der Waals surface area contributed by atoms with E-state index in [0.717, 1.165) is 23.7 Å². The predicted octanol–water partition coefficient (Wildman–Crippen LogP) is 5.13. The van der Waals surface area contributed by atoms with Crippen LogP contribution in [0.15, 0.2) is 0 Å². The van der Waals surface area contributed by atoms with Crippen molar-refractivity contribution in [2.75, 3.05) is 0 Å². The highest BCUT2D eigenvalue weighted by Crippen LogP contribution is 2.26. The smallest absolute Gasteiger partial charge is 0.0394 e. The second kappa shape index (κ2) is 7.31. The van der Waals surface area contributed by atoms with Gasteiger partial charge in [0.25, 0.3) is 0 Å². The van der Waals surface area contributed by atoms with Gasteiger partial charge in [-0.15, -0.1) is 0 Å². The zero-order chi connectivity index (χ0) is 11.1. The second-order valence-electron chi connectivity index (χ2n) is 5.35. The van der Waals surface area contributed by atoms with Gasteiger partial charge >= 0.3 is 0 Å². The van der Waals surface area contributed by atoms with Crippen LogP contribution in [0.2, 0.25) is 0 Å². The summed E-state index contributed by atoms with van der Waals surface area (Å²) < 4.78 is 0. The van der Waals surface area contributed by atoms with E-state index in [2.05, 4.69) is 41.5 Å². The second-order valence-corrected chi connectivity index (χ2v) is 5.35. The summed E-state index contributed by atoms with van der Waals surface area (Å²) in [6, 6.07) is 0. The molecule has 0 aliphatic heterocycles. The van der Waals surface area contributed by atoms with Crippen molar-refractivity contribution in [2.45, 2.75) is 67.2 Å². The van der Waals surface area contributed by atoms with Crippen molar-refractivity contribution < 1.29 is 0 Å². The fourth-order valence-corrected chi connectivity index (χ4v) is 2.17. The zero-order valence-corrected chi connectivity index (χ0v) is 11.1. The molecule has 3 atom stereocenters. The first-order valence-corrected chi connectivity index (χ1v) is 6.52. The van der Waals surface area contributed by atoms with E-state index in [1.807, 2.05) is 0 Å². The third kappa shape index (κ3) is 5.02. The van der Waals surface area contributed by atoms with Crippen LogP contribution in [0.1, 0.15) is 67.2 Å². The molecule has 0 aromatic carbocycles. The highest BCUT2D eigenvalue weighted by Gasteiger charge is 2.15. The zero-order valence-electron chi connectivity index (χ0n) is 11.1. The van der Waals surface area contributed by atoms with E-state index in [1.165, 1.54) is 25.7 Å². The lowest BCUT2D eigenvalue weighted by Crippen LogP contribution is -2.12. The molecule has 0 aliphatic rings. The normalized spacial score (nSPS) is 18.2. The van der Waals surface area contributed by atoms with E-state index in [9.17, 15) is 0 Å². The Kier molecular flexibility index (Phi) is 7.31. The summed E-state index contributed by atoms with van der Waals surface area (Å²) >= 11 is 0. The Morgan fingerprint density at radius 1 is 0.714 bits per heavy atom. The first-order valence-electron chi connectivity index (χ1n) is 6.52. The summed E-state index contributed by atoms with van der Waals surface area (Å²) in [4.78, 5) is 0. The number of hydrogen-bond acceptors (Lipinski definition) is 0. The van der Waals surface area contributed by atoms with E-state index in [0.29, 0.717) is 0 Å². The average molecular weight is 198 g/mol. The van der Waals surface area contributed by atoms with Crippen LogP contribution < -0.4 is 0 Å². The monoisotopic (exact) mass is 198 g/mol. The third-order valence-electron chi connectivity index (χ3n) is 4.08. The molecule has 0 nitrogen and oxygen atoms in total. The Bertz CT molecular complexity index is 126. The standard InChI is InChI=1S/C14H30/c1-7-12(5)13(6)9-10-14(8-2)11(3)4/h11-14H,7-10H2,1-6H3. The summed E-state index contributed by atoms with van der Waals surface area (Å²) in [7, 11) is 0. The van der Waals surface area contributed by atoms with Gasteiger partial charge in [-0.25, -0.2) is 0 Å². The SMILES string of the molecule is CCC(C)C(C)CCC(CC)C(C)C. The van der Waals surface area contributed by atoms with Gasteiger partial charge in [0.05, 0.1) is 0 Å². The highest BCUT2D eigenvalue weighted by atomic mass is 14.2. The molecule has 0 heterocycles. The summed E-state index contributed by atoms with van der Waals surface area (Å²) in [6.45, 7) is 14.2. The molecular formula is C14H30. The van der Waals surface area contributed by atoms with Crippen molar-refractivity contribution in [3.05, 3.63) is 0 Å². The lowest BCUT2D eigenvalue weighted by atomic mass is 9.82. The fraction of sp³-hybridized carbons (Fsp3) is 1.00. The molecule has 0 amide bonds. The van der Waals surface area contributed by atoms with E-state index >= 15 is 0 Å². The Morgan fingerprint density at radius 2 is 1.29 bits per heavy atom. The van der Waals surface area contributed by atoms with Gasteiger partial charge in [0.1, 0.15) is 0 Å². The highest BCUT2D eigenvalue weighted by molar-refractivity contribution is 4.66. The van der Waals surface area contributed by atoms with E-state index in [-0.39, 0.29) is 0 Å². The summed E-state index contributed by atoms with van der Waals surface area (Å²) in [6.07, 6.45) is 5.54. The van der Waals surface area contributed by atoms with Crippen LogP contribution in [0.4, 0.5) is 0 Å². The van der Waals surface area contributed by atoms with Gasteiger partial charge in [0.15, 0.2) is 0 Å². The Morgan fingerprint density at radius 3 is 1.64 bits per heavy atom. The molecular weight excluding hydrogens is 168 g/mol. The van der Waals surface area contributed by atoms with Gasteiger partial charge in [-0.2, -0.15) is 0 Å². The van der Waals surface area contributed by atoms with E-state index < -0.39 is 0 Å². The maximum Gasteiger partial charge on any atom is -0.0394 e. The predicted molar refractivity (Wildman–Crippen MR) is 66.5 cm³/mol. The molecule has 3 unspecified atom stereocenters. The molecule has 86 valence electrons. The largest absolute Gasteiger partial charge is 0.0651 e. The molecule has 0 N–H and O–H groups in total. The molecule has 0 fully saturated rings. The van der Waals surface area contributed by atoms with E-state index in [1.54, 1.807) is 0 Å². The van der Waals surface area contributed by atoms with Crippen molar-refractivity contribution in [2.24, 2.45) is 23.7 Å². The van der Waals surface area contributed by atoms with Gasteiger partial charge in [0.2, 0.25) is 0 Å². The van der Waals surface area contributed by atoms with Gasteiger partial charge < -0.3 is 0 Å². The molecule has 0 rings (SSSR count). The van der Waals surface area contributed by atoms with Crippen molar-refractivity contribution >= 4 is 0 Å². The third-order valence-corrected chi connectivity index (χ3v) is 4.08. The topological polar surface area (TPSA) is 0 Å². The summed E-state index contributed by atoms with van der Waals surface area (Å²) in [5.74, 6) is 3.62. The van der Waals surface area contributed by atoms with Crippen LogP contribution in [-0.4, -0.2) is 0 Å². The van der Waals surface area contributed by atoms with Crippen LogP contribution >= 0.6 is 0 Å². The van der Waals surface area contributed by atoms with Crippen LogP contribution in [0, 0.1) is 23.7 Å². The van der Waals surface area contributed by atoms with Gasteiger partial charge in [-0.3, -0.25) is 0 Å². The molecule has 14 heavy (non-hydrogen) atoms. The minimum absolute atomic E-state index is 0.865. The maximum absolute atomic E-state index is 2.42. The molecule has 0 saturated carbocycles. The van der Waals surface area contributed by atoms with Crippen molar-refractivity contribution in [1.29, 1.82) is 0 Å². The van der Waals surface area contributed by atoms with Crippen molar-refractivity contribution in [1.82, 2.24) is 0 Å². The van der Waals surface area contributed by atoms with Crippen molar-refractivity contribution in [3.63, 3.8) is 0 Å². The molecule has 0 aliphatic carbocycles. The number of hydrogen-bond donors (Lipinski definition) is 0. The minimum atomic E-state index is 0.865. The summed E-state index contributed by atoms with van der Waals surface area (Å²) in [5.41, 5.74) is 0. The summed E-state index contributed by atoms with van der Waals surface area (Å²) in [5, 5.41) is 0. The molecule has 0 saturated heterocycles. The van der Waals surface area contributed by atoms with Crippen molar-refractivity contribution in [3.8, 4) is 0 Å². The van der Waals surface area contributed by atoms with E-state index in [4.69, 9.17) is 0 Å². The first kappa shape index (κ1) is 14.0. The van der Waals surface area contributed by atoms with Crippen LogP contribution in [0.3, 0.4) is 0 Å². The van der Waals surface area contributed by atoms with Crippen LogP contribution in [-0.2, 0) is 0 Å². The Balaban J connectivity index is 3.79. The molecule has 0 heteroatoms. The fourth-order valence-electron chi connectivity index (χ4n) is 2.17. The van der Waals surface area contributed by atoms with Gasteiger partial charge in [-0.1, -0.05) is 60.8 Å². The van der Waals surface area contributed by atoms with Crippen LogP contribution in [0.25, 0.3) is 0 Å². The van der Waals surface area contributed by atoms with Gasteiger partial charge in [-0.05, 0) is 30.1 Å². The maximum atomic E-state index is 2.42. The quantitative estimate of drug-likeness (QED) is 0.532.